The van der Waals surface area contributed by atoms with Crippen molar-refractivity contribution in [3.05, 3.63) is 161 Å². The van der Waals surface area contributed by atoms with Gasteiger partial charge in [-0.05, 0) is 120 Å². The van der Waals surface area contributed by atoms with E-state index in [1.165, 1.54) is 108 Å². The fourth-order valence-corrected chi connectivity index (χ4v) is 11.0. The van der Waals surface area contributed by atoms with Gasteiger partial charge in [-0.3, -0.25) is 0 Å². The topological polar surface area (TPSA) is 0 Å². The molecule has 8 aromatic rings. The Morgan fingerprint density at radius 2 is 1.19 bits per heavy atom. The number of fused-ring (bicyclic) bond motifs is 11. The first-order chi connectivity index (χ1) is 25.6. The van der Waals surface area contributed by atoms with E-state index < -0.39 is 0 Å². The van der Waals surface area contributed by atoms with Crippen molar-refractivity contribution in [2.75, 3.05) is 0 Å². The average molecular weight is 683 g/mol. The molecule has 3 aliphatic rings. The molecule has 1 heterocycles. The number of thiophene rings is 1. The van der Waals surface area contributed by atoms with E-state index in [0.29, 0.717) is 0 Å². The molecule has 0 atom stereocenters. The van der Waals surface area contributed by atoms with Gasteiger partial charge in [0.1, 0.15) is 0 Å². The normalized spacial score (nSPS) is 15.7. The predicted molar refractivity (Wildman–Crippen MR) is 227 cm³/mol. The third-order valence-corrected chi connectivity index (χ3v) is 13.4. The molecule has 0 nitrogen and oxygen atoms in total. The second-order valence-electron chi connectivity index (χ2n) is 15.3. The summed E-state index contributed by atoms with van der Waals surface area (Å²) in [5.74, 6) is 0. The smallest absolute Gasteiger partial charge is 0.0434 e. The highest BCUT2D eigenvalue weighted by Crippen LogP contribution is 2.56. The average Bonchev–Trinajstić information content (AvgIpc) is 3.70. The molecule has 0 fully saturated rings. The zero-order chi connectivity index (χ0) is 34.6. The molecule has 248 valence electrons. The van der Waals surface area contributed by atoms with Gasteiger partial charge in [0, 0.05) is 31.0 Å². The lowest BCUT2D eigenvalue weighted by Gasteiger charge is -2.27. The second-order valence-corrected chi connectivity index (χ2v) is 16.4. The van der Waals surface area contributed by atoms with E-state index in [-0.39, 0.29) is 5.41 Å². The Morgan fingerprint density at radius 3 is 1.98 bits per heavy atom. The van der Waals surface area contributed by atoms with Gasteiger partial charge in [0.15, 0.2) is 0 Å². The molecule has 1 aromatic heterocycles. The lowest BCUT2D eigenvalue weighted by Crippen LogP contribution is -2.32. The van der Waals surface area contributed by atoms with Gasteiger partial charge in [-0.15, -0.1) is 11.3 Å². The molecule has 1 heteroatoms. The van der Waals surface area contributed by atoms with Crippen molar-refractivity contribution in [1.82, 2.24) is 0 Å². The molecular formula is C51H38S. The molecule has 0 aliphatic heterocycles. The van der Waals surface area contributed by atoms with Gasteiger partial charge in [-0.1, -0.05) is 147 Å². The minimum Gasteiger partial charge on any atom is -0.135 e. The summed E-state index contributed by atoms with van der Waals surface area (Å²) in [6, 6.07) is 44.1. The summed E-state index contributed by atoms with van der Waals surface area (Å²) in [5, 5.41) is 10.9. The lowest BCUT2D eigenvalue weighted by molar-refractivity contribution is 0.662. The molecule has 0 N–H and O–H groups in total. The van der Waals surface area contributed by atoms with E-state index in [4.69, 9.17) is 0 Å². The highest BCUT2D eigenvalue weighted by molar-refractivity contribution is 7.26. The molecule has 0 saturated carbocycles. The minimum absolute atomic E-state index is 0.158. The van der Waals surface area contributed by atoms with Gasteiger partial charge in [0.05, 0.1) is 0 Å². The number of benzene rings is 7. The van der Waals surface area contributed by atoms with E-state index in [1.807, 2.05) is 11.3 Å². The highest BCUT2D eigenvalue weighted by atomic mass is 32.1. The van der Waals surface area contributed by atoms with Gasteiger partial charge in [-0.25, -0.2) is 0 Å². The van der Waals surface area contributed by atoms with Crippen LogP contribution >= 0.6 is 11.3 Å². The molecule has 0 bridgehead atoms. The van der Waals surface area contributed by atoms with Gasteiger partial charge >= 0.3 is 0 Å². The SMILES string of the molecule is CC1(C)c2ccccc2-c2c1c(-c1c3c(c(-c4ccc(C5=CC=CCC5)cc4)c4ccccc14)=CCCC=3)cc1c2ccc2c3ccccc3sc12. The zero-order valence-corrected chi connectivity index (χ0v) is 30.4. The van der Waals surface area contributed by atoms with E-state index >= 15 is 0 Å². The van der Waals surface area contributed by atoms with Crippen LogP contribution in [0.3, 0.4) is 0 Å². The summed E-state index contributed by atoms with van der Waals surface area (Å²) < 4.78 is 2.74. The first-order valence-corrected chi connectivity index (χ1v) is 19.6. The number of hydrogen-bond donors (Lipinski definition) is 0. The van der Waals surface area contributed by atoms with Crippen molar-refractivity contribution in [3.8, 4) is 33.4 Å². The Labute approximate surface area is 308 Å². The molecular weight excluding hydrogens is 645 g/mol. The molecule has 0 radical (unpaired) electrons. The zero-order valence-electron chi connectivity index (χ0n) is 29.6. The number of allylic oxidation sites excluding steroid dienone is 4. The molecule has 0 amide bonds. The van der Waals surface area contributed by atoms with Gasteiger partial charge < -0.3 is 0 Å². The van der Waals surface area contributed by atoms with Gasteiger partial charge in [0.25, 0.3) is 0 Å². The van der Waals surface area contributed by atoms with Crippen LogP contribution in [0.2, 0.25) is 0 Å². The summed E-state index contributed by atoms with van der Waals surface area (Å²) in [4.78, 5) is 0. The standard InChI is InChI=1S/C51H38S/c1-51(2)44-22-12-10-21-41(44)48-39-28-29-40-34-16-11-13-23-45(34)52-50(40)42(39)30-43(49(48)51)47-37-19-8-6-17-35(37)46(36-18-7-9-20-38(36)47)33-26-24-32(25-27-33)31-14-4-3-5-15-31/h3-4,6,8,10-14,16-30H,5,7,9,15H2,1-2H3. The van der Waals surface area contributed by atoms with Gasteiger partial charge in [0.2, 0.25) is 0 Å². The summed E-state index contributed by atoms with van der Waals surface area (Å²) in [7, 11) is 0. The predicted octanol–water partition coefficient (Wildman–Crippen LogP) is 13.1. The Morgan fingerprint density at radius 1 is 0.538 bits per heavy atom. The Balaban J connectivity index is 1.27. The molecule has 7 aromatic carbocycles. The molecule has 3 aliphatic carbocycles. The van der Waals surface area contributed by atoms with Crippen molar-refractivity contribution in [1.29, 1.82) is 0 Å². The van der Waals surface area contributed by atoms with Crippen LogP contribution in [0.1, 0.15) is 56.2 Å². The summed E-state index contributed by atoms with van der Waals surface area (Å²) in [6.45, 7) is 4.89. The van der Waals surface area contributed by atoms with Crippen LogP contribution in [0.5, 0.6) is 0 Å². The third kappa shape index (κ3) is 4.21. The highest BCUT2D eigenvalue weighted by Gasteiger charge is 2.39. The van der Waals surface area contributed by atoms with Crippen LogP contribution in [0, 0.1) is 0 Å². The fraction of sp³-hybridized carbons (Fsp3) is 0.137. The largest absolute Gasteiger partial charge is 0.135 e. The van der Waals surface area contributed by atoms with Crippen molar-refractivity contribution in [2.24, 2.45) is 0 Å². The molecule has 0 spiro atoms. The van der Waals surface area contributed by atoms with Crippen LogP contribution in [0.4, 0.5) is 0 Å². The number of rotatable bonds is 3. The van der Waals surface area contributed by atoms with E-state index in [0.717, 1.165) is 25.7 Å². The van der Waals surface area contributed by atoms with Crippen molar-refractivity contribution in [3.63, 3.8) is 0 Å². The maximum Gasteiger partial charge on any atom is 0.0434 e. The first-order valence-electron chi connectivity index (χ1n) is 18.8. The monoisotopic (exact) mass is 682 g/mol. The van der Waals surface area contributed by atoms with Crippen LogP contribution in [-0.4, -0.2) is 0 Å². The third-order valence-electron chi connectivity index (χ3n) is 12.1. The Kier molecular flexibility index (Phi) is 6.52. The minimum atomic E-state index is -0.158. The number of hydrogen-bond acceptors (Lipinski definition) is 1. The van der Waals surface area contributed by atoms with Crippen molar-refractivity contribution < 1.29 is 0 Å². The second kappa shape index (κ2) is 11.2. The van der Waals surface area contributed by atoms with Crippen molar-refractivity contribution in [2.45, 2.75) is 44.9 Å². The molecule has 52 heavy (non-hydrogen) atoms. The first kappa shape index (κ1) is 30.2. The van der Waals surface area contributed by atoms with Crippen LogP contribution < -0.4 is 10.4 Å². The van der Waals surface area contributed by atoms with E-state index in [1.54, 1.807) is 0 Å². The van der Waals surface area contributed by atoms with Crippen LogP contribution in [0.15, 0.2) is 133 Å². The Bertz CT molecular complexity index is 3020. The van der Waals surface area contributed by atoms with Gasteiger partial charge in [-0.2, -0.15) is 0 Å². The lowest BCUT2D eigenvalue weighted by atomic mass is 9.76. The molecule has 0 saturated heterocycles. The van der Waals surface area contributed by atoms with E-state index in [9.17, 15) is 0 Å². The Hall–Kier alpha value is -5.50. The van der Waals surface area contributed by atoms with E-state index in [2.05, 4.69) is 159 Å². The molecule has 0 unspecified atom stereocenters. The van der Waals surface area contributed by atoms with Crippen molar-refractivity contribution >= 4 is 70.8 Å². The maximum atomic E-state index is 2.59. The summed E-state index contributed by atoms with van der Waals surface area (Å²) in [5.41, 5.74) is 13.7. The fourth-order valence-electron chi connectivity index (χ4n) is 9.82. The van der Waals surface area contributed by atoms with Crippen LogP contribution in [-0.2, 0) is 5.41 Å². The molecule has 11 rings (SSSR count). The summed E-state index contributed by atoms with van der Waals surface area (Å²) in [6.07, 6.45) is 16.1. The summed E-state index contributed by atoms with van der Waals surface area (Å²) >= 11 is 1.94. The van der Waals surface area contributed by atoms with Crippen LogP contribution in [0.25, 0.3) is 92.8 Å². The maximum absolute atomic E-state index is 2.59. The quantitative estimate of drug-likeness (QED) is 0.174.